The van der Waals surface area contributed by atoms with Crippen molar-refractivity contribution in [2.75, 3.05) is 7.11 Å². The van der Waals surface area contributed by atoms with Gasteiger partial charge in [-0.1, -0.05) is 25.1 Å². The van der Waals surface area contributed by atoms with Crippen molar-refractivity contribution < 1.29 is 13.9 Å². The van der Waals surface area contributed by atoms with Crippen LogP contribution in [0.4, 0.5) is 4.39 Å². The quantitative estimate of drug-likeness (QED) is 0.747. The van der Waals surface area contributed by atoms with Crippen molar-refractivity contribution in [3.05, 3.63) is 35.6 Å². The highest BCUT2D eigenvalue weighted by Gasteiger charge is 2.21. The molecular formula is C12H15FO2. The Bertz CT molecular complexity index is 336. The van der Waals surface area contributed by atoms with Crippen LogP contribution in [0.2, 0.25) is 0 Å². The molecule has 0 saturated heterocycles. The standard InChI is InChI=1S/C12H15FO2/c1-3-6-11(14)12(15-2)9-7-4-5-8-10(9)13/h4-5,7-8,12H,3,6H2,1-2H3. The Labute approximate surface area is 89.1 Å². The van der Waals surface area contributed by atoms with E-state index in [9.17, 15) is 9.18 Å². The van der Waals surface area contributed by atoms with Crippen LogP contribution in [-0.4, -0.2) is 12.9 Å². The van der Waals surface area contributed by atoms with Gasteiger partial charge in [0.25, 0.3) is 0 Å². The van der Waals surface area contributed by atoms with Crippen LogP contribution in [0.15, 0.2) is 24.3 Å². The number of rotatable bonds is 5. The predicted octanol–water partition coefficient (Wildman–Crippen LogP) is 2.88. The van der Waals surface area contributed by atoms with E-state index in [1.165, 1.54) is 13.2 Å². The molecule has 2 nitrogen and oxygen atoms in total. The van der Waals surface area contributed by atoms with Crippen molar-refractivity contribution in [1.82, 2.24) is 0 Å². The van der Waals surface area contributed by atoms with Crippen LogP contribution >= 0.6 is 0 Å². The molecule has 1 rings (SSSR count). The van der Waals surface area contributed by atoms with Crippen LogP contribution in [0.5, 0.6) is 0 Å². The van der Waals surface area contributed by atoms with Crippen molar-refractivity contribution in [2.24, 2.45) is 0 Å². The van der Waals surface area contributed by atoms with Gasteiger partial charge in [0.05, 0.1) is 0 Å². The Hall–Kier alpha value is -1.22. The lowest BCUT2D eigenvalue weighted by atomic mass is 10.0. The molecule has 0 radical (unpaired) electrons. The molecule has 1 aromatic rings. The minimum atomic E-state index is -0.772. The largest absolute Gasteiger partial charge is 0.369 e. The van der Waals surface area contributed by atoms with Crippen molar-refractivity contribution >= 4 is 5.78 Å². The number of methoxy groups -OCH3 is 1. The molecule has 3 heteroatoms. The van der Waals surface area contributed by atoms with Crippen molar-refractivity contribution in [1.29, 1.82) is 0 Å². The van der Waals surface area contributed by atoms with Crippen LogP contribution in [0, 0.1) is 5.82 Å². The van der Waals surface area contributed by atoms with Gasteiger partial charge in [0, 0.05) is 19.1 Å². The molecule has 82 valence electrons. The second kappa shape index (κ2) is 5.61. The number of hydrogen-bond donors (Lipinski definition) is 0. The van der Waals surface area contributed by atoms with Gasteiger partial charge in [0.1, 0.15) is 11.9 Å². The first-order chi connectivity index (χ1) is 7.20. The summed E-state index contributed by atoms with van der Waals surface area (Å²) >= 11 is 0. The lowest BCUT2D eigenvalue weighted by Gasteiger charge is -2.14. The third-order valence-corrected chi connectivity index (χ3v) is 2.21. The SMILES string of the molecule is CCCC(=O)C(OC)c1ccccc1F. The average molecular weight is 210 g/mol. The monoisotopic (exact) mass is 210 g/mol. The van der Waals surface area contributed by atoms with E-state index in [1.807, 2.05) is 6.92 Å². The summed E-state index contributed by atoms with van der Waals surface area (Å²) in [5.74, 6) is -0.473. The summed E-state index contributed by atoms with van der Waals surface area (Å²) in [6.07, 6.45) is 0.381. The molecule has 0 N–H and O–H groups in total. The van der Waals surface area contributed by atoms with Crippen molar-refractivity contribution in [2.45, 2.75) is 25.9 Å². The number of carbonyl (C=O) groups is 1. The van der Waals surface area contributed by atoms with Gasteiger partial charge >= 0.3 is 0 Å². The van der Waals surface area contributed by atoms with E-state index in [0.29, 0.717) is 12.0 Å². The fraction of sp³-hybridized carbons (Fsp3) is 0.417. The van der Waals surface area contributed by atoms with Gasteiger partial charge in [-0.15, -0.1) is 0 Å². The molecule has 1 atom stereocenters. The number of carbonyl (C=O) groups excluding carboxylic acids is 1. The van der Waals surface area contributed by atoms with E-state index in [-0.39, 0.29) is 5.78 Å². The highest BCUT2D eigenvalue weighted by molar-refractivity contribution is 5.84. The molecule has 1 unspecified atom stereocenters. The molecule has 0 aromatic heterocycles. The summed E-state index contributed by atoms with van der Waals surface area (Å²) in [6, 6.07) is 6.21. The fourth-order valence-electron chi connectivity index (χ4n) is 1.50. The summed E-state index contributed by atoms with van der Waals surface area (Å²) in [7, 11) is 1.42. The zero-order valence-electron chi connectivity index (χ0n) is 9.00. The first kappa shape index (κ1) is 11.9. The molecule has 15 heavy (non-hydrogen) atoms. The van der Waals surface area contributed by atoms with Crippen LogP contribution in [0.1, 0.15) is 31.4 Å². The highest BCUT2D eigenvalue weighted by atomic mass is 19.1. The molecule has 0 heterocycles. The van der Waals surface area contributed by atoms with Crippen molar-refractivity contribution in [3.8, 4) is 0 Å². The van der Waals surface area contributed by atoms with Gasteiger partial charge < -0.3 is 4.74 Å². The fourth-order valence-corrected chi connectivity index (χ4v) is 1.50. The zero-order valence-corrected chi connectivity index (χ0v) is 9.00. The van der Waals surface area contributed by atoms with Crippen LogP contribution < -0.4 is 0 Å². The van der Waals surface area contributed by atoms with E-state index < -0.39 is 11.9 Å². The van der Waals surface area contributed by atoms with E-state index >= 15 is 0 Å². The lowest BCUT2D eigenvalue weighted by molar-refractivity contribution is -0.129. The molecule has 0 bridgehead atoms. The van der Waals surface area contributed by atoms with Gasteiger partial charge in [-0.3, -0.25) is 4.79 Å². The van der Waals surface area contributed by atoms with Gasteiger partial charge in [0.15, 0.2) is 5.78 Å². The number of ketones is 1. The van der Waals surface area contributed by atoms with E-state index in [1.54, 1.807) is 18.2 Å². The summed E-state index contributed by atoms with van der Waals surface area (Å²) in [5, 5.41) is 0. The highest BCUT2D eigenvalue weighted by Crippen LogP contribution is 2.22. The third-order valence-electron chi connectivity index (χ3n) is 2.21. The molecule has 0 aliphatic rings. The zero-order chi connectivity index (χ0) is 11.3. The minimum Gasteiger partial charge on any atom is -0.369 e. The second-order valence-electron chi connectivity index (χ2n) is 3.35. The Morgan fingerprint density at radius 1 is 1.47 bits per heavy atom. The molecule has 0 saturated carbocycles. The van der Waals surface area contributed by atoms with E-state index in [0.717, 1.165) is 6.42 Å². The number of Topliss-reactive ketones (excluding diaryl/α,β-unsaturated/α-hetero) is 1. The summed E-state index contributed by atoms with van der Waals surface area (Å²) in [6.45, 7) is 1.91. The molecule has 0 spiro atoms. The summed E-state index contributed by atoms with van der Waals surface area (Å²) < 4.78 is 18.4. The van der Waals surface area contributed by atoms with Crippen LogP contribution in [0.25, 0.3) is 0 Å². The Morgan fingerprint density at radius 3 is 2.67 bits per heavy atom. The Morgan fingerprint density at radius 2 is 2.13 bits per heavy atom. The average Bonchev–Trinajstić information content (AvgIpc) is 2.22. The second-order valence-corrected chi connectivity index (χ2v) is 3.35. The first-order valence-corrected chi connectivity index (χ1v) is 5.00. The van der Waals surface area contributed by atoms with Crippen LogP contribution in [-0.2, 0) is 9.53 Å². The molecular weight excluding hydrogens is 195 g/mol. The van der Waals surface area contributed by atoms with Gasteiger partial charge in [-0.2, -0.15) is 0 Å². The summed E-state index contributed by atoms with van der Waals surface area (Å²) in [5.41, 5.74) is 0.318. The Kier molecular flexibility index (Phi) is 4.43. The minimum absolute atomic E-state index is 0.0786. The number of benzene rings is 1. The van der Waals surface area contributed by atoms with Gasteiger partial charge in [0.2, 0.25) is 0 Å². The topological polar surface area (TPSA) is 26.3 Å². The Balaban J connectivity index is 2.92. The molecule has 0 aliphatic heterocycles. The number of halogens is 1. The molecule has 0 amide bonds. The number of ether oxygens (including phenoxy) is 1. The predicted molar refractivity (Wildman–Crippen MR) is 56.1 cm³/mol. The third kappa shape index (κ3) is 2.86. The lowest BCUT2D eigenvalue weighted by Crippen LogP contribution is -2.15. The normalized spacial score (nSPS) is 12.5. The van der Waals surface area contributed by atoms with Gasteiger partial charge in [-0.25, -0.2) is 4.39 Å². The maximum Gasteiger partial charge on any atom is 0.166 e. The van der Waals surface area contributed by atoms with E-state index in [2.05, 4.69) is 0 Å². The van der Waals surface area contributed by atoms with Gasteiger partial charge in [-0.05, 0) is 12.5 Å². The molecule has 0 fully saturated rings. The van der Waals surface area contributed by atoms with Crippen molar-refractivity contribution in [3.63, 3.8) is 0 Å². The van der Waals surface area contributed by atoms with E-state index in [4.69, 9.17) is 4.74 Å². The maximum absolute atomic E-state index is 13.4. The number of hydrogen-bond acceptors (Lipinski definition) is 2. The molecule has 0 aliphatic carbocycles. The maximum atomic E-state index is 13.4. The van der Waals surface area contributed by atoms with Crippen LogP contribution in [0.3, 0.4) is 0 Å². The smallest absolute Gasteiger partial charge is 0.166 e. The molecule has 1 aromatic carbocycles. The first-order valence-electron chi connectivity index (χ1n) is 5.00. The summed E-state index contributed by atoms with van der Waals surface area (Å²) in [4.78, 5) is 11.6.